The van der Waals surface area contributed by atoms with Gasteiger partial charge in [-0.25, -0.2) is 0 Å². The van der Waals surface area contributed by atoms with E-state index in [0.29, 0.717) is 0 Å². The van der Waals surface area contributed by atoms with Crippen LogP contribution >= 0.6 is 0 Å². The summed E-state index contributed by atoms with van der Waals surface area (Å²) in [5, 5.41) is 2.57. The molecule has 3 aromatic rings. The fourth-order valence-corrected chi connectivity index (χ4v) is 5.83. The van der Waals surface area contributed by atoms with Gasteiger partial charge in [0, 0.05) is 11.9 Å². The molecule has 6 nitrogen and oxygen atoms in total. The fourth-order valence-electron chi connectivity index (χ4n) is 5.83. The number of alkyl halides is 3. The van der Waals surface area contributed by atoms with Crippen LogP contribution in [0.1, 0.15) is 28.3 Å². The molecule has 3 aliphatic heterocycles. The van der Waals surface area contributed by atoms with Gasteiger partial charge in [-0.15, -0.1) is 0 Å². The molecule has 0 aromatic heterocycles. The van der Waals surface area contributed by atoms with Crippen LogP contribution in [-0.2, 0) is 27.1 Å². The van der Waals surface area contributed by atoms with Crippen molar-refractivity contribution >= 4 is 29.5 Å². The van der Waals surface area contributed by atoms with Crippen molar-refractivity contribution in [2.24, 2.45) is 11.8 Å². The van der Waals surface area contributed by atoms with Crippen LogP contribution in [0.4, 0.5) is 18.9 Å². The van der Waals surface area contributed by atoms with Gasteiger partial charge in [0.15, 0.2) is 0 Å². The molecule has 9 heteroatoms. The minimum atomic E-state index is -4.57. The molecule has 3 aromatic carbocycles. The zero-order valence-electron chi connectivity index (χ0n) is 19.9. The third-order valence-corrected chi connectivity index (χ3v) is 7.46. The molecule has 0 unspecified atom stereocenters. The van der Waals surface area contributed by atoms with Crippen molar-refractivity contribution < 1.29 is 27.6 Å². The van der Waals surface area contributed by atoms with Crippen molar-refractivity contribution in [3.05, 3.63) is 107 Å². The number of imide groups is 1. The fraction of sp³-hybridized carbons (Fsp3) is 0.207. The predicted molar refractivity (Wildman–Crippen MR) is 133 cm³/mol. The maximum atomic E-state index is 13.7. The number of amides is 3. The van der Waals surface area contributed by atoms with Crippen molar-refractivity contribution in [2.75, 3.05) is 5.32 Å². The summed E-state index contributed by atoms with van der Waals surface area (Å²) in [5.41, 5.74) is 1.55. The summed E-state index contributed by atoms with van der Waals surface area (Å²) in [4.78, 5) is 44.0. The number of carbonyl (C=O) groups is 3. The van der Waals surface area contributed by atoms with E-state index in [1.54, 1.807) is 11.1 Å². The molecule has 3 aliphatic rings. The molecule has 3 heterocycles. The van der Waals surface area contributed by atoms with Gasteiger partial charge in [-0.05, 0) is 41.0 Å². The number of fused-ring (bicyclic) bond motifs is 5. The Bertz CT molecular complexity index is 1470. The van der Waals surface area contributed by atoms with E-state index in [-0.39, 0.29) is 18.1 Å². The average molecular weight is 518 g/mol. The van der Waals surface area contributed by atoms with Crippen LogP contribution in [0.5, 0.6) is 0 Å². The van der Waals surface area contributed by atoms with E-state index in [4.69, 9.17) is 0 Å². The highest BCUT2D eigenvalue weighted by Crippen LogP contribution is 2.52. The van der Waals surface area contributed by atoms with E-state index in [0.717, 1.165) is 28.8 Å². The van der Waals surface area contributed by atoms with Crippen molar-refractivity contribution in [1.82, 2.24) is 9.80 Å². The normalized spacial score (nSPS) is 23.8. The van der Waals surface area contributed by atoms with Crippen LogP contribution in [0.3, 0.4) is 0 Å². The first kappa shape index (κ1) is 24.0. The Balaban J connectivity index is 1.38. The number of halogens is 3. The van der Waals surface area contributed by atoms with Crippen molar-refractivity contribution in [1.29, 1.82) is 0 Å². The predicted octanol–water partition coefficient (Wildman–Crippen LogP) is 4.86. The molecule has 0 bridgehead atoms. The van der Waals surface area contributed by atoms with E-state index in [1.165, 1.54) is 17.0 Å². The van der Waals surface area contributed by atoms with Gasteiger partial charge in [-0.3, -0.25) is 19.3 Å². The summed E-state index contributed by atoms with van der Waals surface area (Å²) >= 11 is 0. The number of nitrogens with one attached hydrogen (secondary N) is 1. The zero-order chi connectivity index (χ0) is 26.6. The molecule has 0 radical (unpaired) electrons. The Kier molecular flexibility index (Phi) is 5.59. The Morgan fingerprint density at radius 3 is 2.34 bits per heavy atom. The number of rotatable bonds is 4. The maximum Gasteiger partial charge on any atom is 0.416 e. The second kappa shape index (κ2) is 8.86. The summed E-state index contributed by atoms with van der Waals surface area (Å²) in [5.74, 6) is -3.27. The van der Waals surface area contributed by atoms with Crippen molar-refractivity contribution in [3.63, 3.8) is 0 Å². The van der Waals surface area contributed by atoms with Gasteiger partial charge in [0.05, 0.1) is 30.0 Å². The molecule has 3 amide bonds. The molecule has 192 valence electrons. The molecule has 2 fully saturated rings. The number of likely N-dealkylation sites (tertiary alicyclic amines) is 1. The maximum absolute atomic E-state index is 13.7. The summed E-state index contributed by atoms with van der Waals surface area (Å²) < 4.78 is 39.7. The van der Waals surface area contributed by atoms with Crippen LogP contribution in [-0.4, -0.2) is 33.6 Å². The van der Waals surface area contributed by atoms with Crippen LogP contribution in [0.2, 0.25) is 0 Å². The highest BCUT2D eigenvalue weighted by atomic mass is 19.4. The number of hydrogen-bond donors (Lipinski definition) is 1. The standard InChI is InChI=1S/C29H22F3N3O3/c30-29(31,32)19-10-6-11-20(15-19)33-26(36)25-23-22(24-21-12-5-4-9-18(21)13-14-34(24)25)27(37)35(28(23)38)16-17-7-2-1-3-8-17/h1-15,22-25H,16H2,(H,33,36)/t22-,23-,24-,25+/m1/s1. The van der Waals surface area contributed by atoms with Gasteiger partial charge < -0.3 is 10.2 Å². The zero-order valence-corrected chi connectivity index (χ0v) is 19.9. The van der Waals surface area contributed by atoms with Gasteiger partial charge in [-0.2, -0.15) is 13.2 Å². The first-order chi connectivity index (χ1) is 18.2. The van der Waals surface area contributed by atoms with Gasteiger partial charge in [-0.1, -0.05) is 60.7 Å². The monoisotopic (exact) mass is 517 g/mol. The lowest BCUT2D eigenvalue weighted by Crippen LogP contribution is -2.46. The van der Waals surface area contributed by atoms with Gasteiger partial charge in [0.1, 0.15) is 6.04 Å². The van der Waals surface area contributed by atoms with Crippen molar-refractivity contribution in [3.8, 4) is 0 Å². The average Bonchev–Trinajstić information content (AvgIpc) is 3.37. The lowest BCUT2D eigenvalue weighted by molar-refractivity contribution is -0.143. The number of nitrogens with zero attached hydrogens (tertiary/aromatic N) is 2. The topological polar surface area (TPSA) is 69.7 Å². The number of carbonyl (C=O) groups excluding carboxylic acids is 3. The molecule has 6 rings (SSSR count). The third-order valence-electron chi connectivity index (χ3n) is 7.46. The molecule has 1 N–H and O–H groups in total. The second-order valence-corrected chi connectivity index (χ2v) is 9.65. The first-order valence-corrected chi connectivity index (χ1v) is 12.2. The summed E-state index contributed by atoms with van der Waals surface area (Å²) in [6.45, 7) is 0.0810. The molecule has 4 atom stereocenters. The lowest BCUT2D eigenvalue weighted by atomic mass is 9.84. The minimum absolute atomic E-state index is 0.0378. The van der Waals surface area contributed by atoms with Gasteiger partial charge in [0.25, 0.3) is 0 Å². The summed E-state index contributed by atoms with van der Waals surface area (Å²) in [6.07, 6.45) is -1.06. The second-order valence-electron chi connectivity index (χ2n) is 9.65. The third kappa shape index (κ3) is 3.86. The van der Waals surface area contributed by atoms with Crippen LogP contribution in [0.15, 0.2) is 85.1 Å². The highest BCUT2D eigenvalue weighted by molar-refractivity contribution is 6.10. The Labute approximate surface area is 216 Å². The molecule has 2 saturated heterocycles. The van der Waals surface area contributed by atoms with Crippen molar-refractivity contribution in [2.45, 2.75) is 24.8 Å². The summed E-state index contributed by atoms with van der Waals surface area (Å²) in [6, 6.07) is 19.3. The lowest BCUT2D eigenvalue weighted by Gasteiger charge is -2.35. The van der Waals surface area contributed by atoms with Crippen LogP contribution in [0.25, 0.3) is 6.08 Å². The Hall–Kier alpha value is -4.40. The Morgan fingerprint density at radius 1 is 0.868 bits per heavy atom. The molecule has 0 spiro atoms. The quantitative estimate of drug-likeness (QED) is 0.503. The number of anilines is 1. The molecule has 0 saturated carbocycles. The van der Waals surface area contributed by atoms with E-state index in [1.807, 2.05) is 60.7 Å². The minimum Gasteiger partial charge on any atom is -0.357 e. The van der Waals surface area contributed by atoms with E-state index >= 15 is 0 Å². The number of hydrogen-bond acceptors (Lipinski definition) is 4. The summed E-state index contributed by atoms with van der Waals surface area (Å²) in [7, 11) is 0. The van der Waals surface area contributed by atoms with E-state index in [9.17, 15) is 27.6 Å². The van der Waals surface area contributed by atoms with E-state index < -0.39 is 47.5 Å². The molecule has 0 aliphatic carbocycles. The van der Waals surface area contributed by atoms with Crippen LogP contribution in [0, 0.1) is 11.8 Å². The SMILES string of the molecule is O=C(Nc1cccc(C(F)(F)F)c1)[C@@H]1[C@@H]2C(=O)N(Cc3ccccc3)C(=O)[C@H]2[C@H]2c3ccccc3C=CN12. The van der Waals surface area contributed by atoms with Crippen LogP contribution < -0.4 is 5.32 Å². The Morgan fingerprint density at radius 2 is 1.58 bits per heavy atom. The number of benzene rings is 3. The smallest absolute Gasteiger partial charge is 0.357 e. The van der Waals surface area contributed by atoms with E-state index in [2.05, 4.69) is 5.32 Å². The molecule has 38 heavy (non-hydrogen) atoms. The first-order valence-electron chi connectivity index (χ1n) is 12.2. The molecular weight excluding hydrogens is 495 g/mol. The van der Waals surface area contributed by atoms with Gasteiger partial charge >= 0.3 is 6.18 Å². The van der Waals surface area contributed by atoms with Gasteiger partial charge in [0.2, 0.25) is 17.7 Å². The largest absolute Gasteiger partial charge is 0.416 e. The molecular formula is C29H22F3N3O3. The highest BCUT2D eigenvalue weighted by Gasteiger charge is 2.64.